The summed E-state index contributed by atoms with van der Waals surface area (Å²) in [6, 6.07) is 15.9. The van der Waals surface area contributed by atoms with Gasteiger partial charge in [-0.05, 0) is 35.7 Å². The first-order valence-corrected chi connectivity index (χ1v) is 8.21. The third-order valence-corrected chi connectivity index (χ3v) is 3.93. The highest BCUT2D eigenvalue weighted by atomic mass is 35.5. The van der Waals surface area contributed by atoms with Gasteiger partial charge in [0.25, 0.3) is 0 Å². The number of hydrogen-bond acceptors (Lipinski definition) is 2. The average molecular weight is 346 g/mol. The van der Waals surface area contributed by atoms with Crippen LogP contribution in [0, 0.1) is 0 Å². The van der Waals surface area contributed by atoms with E-state index in [0.29, 0.717) is 16.5 Å². The Kier molecular flexibility index (Phi) is 5.21. The van der Waals surface area contributed by atoms with Gasteiger partial charge in [-0.3, -0.25) is 0 Å². The molecule has 0 fully saturated rings. The van der Waals surface area contributed by atoms with Crippen molar-refractivity contribution in [3.8, 4) is 0 Å². The summed E-state index contributed by atoms with van der Waals surface area (Å²) >= 11 is 12.1. The lowest BCUT2D eigenvalue weighted by Gasteiger charge is -2.03. The molecule has 1 heterocycles. The maximum Gasteiger partial charge on any atom is 0.200 e. The Morgan fingerprint density at radius 2 is 1.70 bits per heavy atom. The number of H-pyrrole nitrogens is 1. The first-order valence-electron chi connectivity index (χ1n) is 7.46. The smallest absolute Gasteiger partial charge is 0.200 e. The normalized spacial score (nSPS) is 10.7. The quantitative estimate of drug-likeness (QED) is 0.662. The lowest BCUT2D eigenvalue weighted by Crippen LogP contribution is -2.06. The molecule has 5 heteroatoms. The summed E-state index contributed by atoms with van der Waals surface area (Å²) in [7, 11) is 0. The summed E-state index contributed by atoms with van der Waals surface area (Å²) in [6.07, 6.45) is 3.51. The number of benzene rings is 2. The predicted octanol–water partition coefficient (Wildman–Crippen LogP) is 4.96. The zero-order valence-electron chi connectivity index (χ0n) is 12.5. The van der Waals surface area contributed by atoms with Crippen LogP contribution in [0.3, 0.4) is 0 Å². The van der Waals surface area contributed by atoms with Crippen molar-refractivity contribution in [3.05, 3.63) is 81.6 Å². The average Bonchev–Trinajstić information content (AvgIpc) is 2.95. The van der Waals surface area contributed by atoms with Crippen molar-refractivity contribution in [2.45, 2.75) is 12.8 Å². The molecule has 0 amide bonds. The van der Waals surface area contributed by atoms with Crippen molar-refractivity contribution < 1.29 is 0 Å². The third-order valence-electron chi connectivity index (χ3n) is 3.49. The van der Waals surface area contributed by atoms with Crippen molar-refractivity contribution in [3.63, 3.8) is 0 Å². The van der Waals surface area contributed by atoms with E-state index in [1.807, 2.05) is 24.4 Å². The summed E-state index contributed by atoms with van der Waals surface area (Å²) < 4.78 is 0. The summed E-state index contributed by atoms with van der Waals surface area (Å²) in [4.78, 5) is 7.63. The fourth-order valence-corrected chi connectivity index (χ4v) is 3.01. The van der Waals surface area contributed by atoms with Gasteiger partial charge in [-0.25, -0.2) is 4.98 Å². The van der Waals surface area contributed by atoms with Gasteiger partial charge in [-0.1, -0.05) is 53.5 Å². The van der Waals surface area contributed by atoms with E-state index in [1.54, 1.807) is 6.07 Å². The van der Waals surface area contributed by atoms with Crippen molar-refractivity contribution in [1.82, 2.24) is 9.97 Å². The molecule has 3 aromatic rings. The van der Waals surface area contributed by atoms with Crippen LogP contribution in [0.4, 0.5) is 5.95 Å². The van der Waals surface area contributed by atoms with E-state index in [-0.39, 0.29) is 0 Å². The van der Waals surface area contributed by atoms with E-state index in [9.17, 15) is 0 Å². The lowest BCUT2D eigenvalue weighted by molar-refractivity contribution is 0.992. The summed E-state index contributed by atoms with van der Waals surface area (Å²) in [6.45, 7) is 0.833. The van der Waals surface area contributed by atoms with Crippen LogP contribution in [0.1, 0.15) is 16.8 Å². The molecule has 0 atom stereocenters. The minimum Gasteiger partial charge on any atom is -0.355 e. The van der Waals surface area contributed by atoms with Gasteiger partial charge >= 0.3 is 0 Å². The Balaban J connectivity index is 1.55. The minimum atomic E-state index is 0.647. The first-order chi connectivity index (χ1) is 11.2. The molecule has 0 spiro atoms. The molecule has 3 rings (SSSR count). The van der Waals surface area contributed by atoms with Crippen LogP contribution in [0.25, 0.3) is 0 Å². The number of imidazole rings is 1. The second-order valence-corrected chi connectivity index (χ2v) is 6.25. The van der Waals surface area contributed by atoms with Crippen LogP contribution >= 0.6 is 23.2 Å². The maximum absolute atomic E-state index is 6.03. The van der Waals surface area contributed by atoms with E-state index in [1.165, 1.54) is 5.56 Å². The number of hydrogen-bond donors (Lipinski definition) is 2. The monoisotopic (exact) mass is 345 g/mol. The Morgan fingerprint density at radius 1 is 0.957 bits per heavy atom. The van der Waals surface area contributed by atoms with Crippen molar-refractivity contribution in [1.29, 1.82) is 0 Å². The van der Waals surface area contributed by atoms with Crippen LogP contribution < -0.4 is 5.32 Å². The molecule has 1 aromatic heterocycles. The number of aromatic amines is 1. The van der Waals surface area contributed by atoms with Gasteiger partial charge in [0.1, 0.15) is 0 Å². The molecule has 0 saturated carbocycles. The van der Waals surface area contributed by atoms with Crippen molar-refractivity contribution >= 4 is 29.2 Å². The lowest BCUT2D eigenvalue weighted by atomic mass is 10.1. The fraction of sp³-hybridized carbons (Fsp3) is 0.167. The molecule has 0 aliphatic heterocycles. The molecular weight excluding hydrogens is 329 g/mol. The molecule has 3 nitrogen and oxygen atoms in total. The zero-order valence-corrected chi connectivity index (χ0v) is 14.0. The standard InChI is InChI=1S/C18H17Cl2N3/c19-15-8-14(9-16(20)11-15)10-17-12-22-18(23-17)21-7-6-13-4-2-1-3-5-13/h1-5,8-9,11-12H,6-7,10H2,(H2,21,22,23). The summed E-state index contributed by atoms with van der Waals surface area (Å²) in [5.74, 6) is 0.782. The van der Waals surface area contributed by atoms with E-state index in [0.717, 1.165) is 30.2 Å². The Morgan fingerprint density at radius 3 is 2.43 bits per heavy atom. The van der Waals surface area contributed by atoms with Crippen LogP contribution in [0.5, 0.6) is 0 Å². The number of aromatic nitrogens is 2. The zero-order chi connectivity index (χ0) is 16.1. The SMILES string of the molecule is Clc1cc(Cl)cc(Cc2cnc(NCCc3ccccc3)[nH]2)c1. The van der Waals surface area contributed by atoms with Crippen molar-refractivity contribution in [2.24, 2.45) is 0 Å². The number of anilines is 1. The number of halogens is 2. The largest absolute Gasteiger partial charge is 0.355 e. The first kappa shape index (κ1) is 15.9. The van der Waals surface area contributed by atoms with Crippen LogP contribution in [-0.2, 0) is 12.8 Å². The molecule has 0 saturated heterocycles. The number of nitrogens with zero attached hydrogens (tertiary/aromatic N) is 1. The van der Waals surface area contributed by atoms with Gasteiger partial charge in [0, 0.05) is 28.7 Å². The molecular formula is C18H17Cl2N3. The number of nitrogens with one attached hydrogen (secondary N) is 2. The topological polar surface area (TPSA) is 40.7 Å². The second kappa shape index (κ2) is 7.53. The van der Waals surface area contributed by atoms with Gasteiger partial charge in [0.2, 0.25) is 0 Å². The maximum atomic E-state index is 6.03. The Bertz CT molecular complexity index is 749. The van der Waals surface area contributed by atoms with E-state index < -0.39 is 0 Å². The van der Waals surface area contributed by atoms with Crippen molar-refractivity contribution in [2.75, 3.05) is 11.9 Å². The Hall–Kier alpha value is -1.97. The summed E-state index contributed by atoms with van der Waals surface area (Å²) in [5.41, 5.74) is 3.38. The molecule has 23 heavy (non-hydrogen) atoms. The van der Waals surface area contributed by atoms with E-state index in [2.05, 4.69) is 39.6 Å². The molecule has 0 unspecified atom stereocenters. The second-order valence-electron chi connectivity index (χ2n) is 5.37. The number of rotatable bonds is 6. The molecule has 2 aromatic carbocycles. The molecule has 0 aliphatic carbocycles. The van der Waals surface area contributed by atoms with Gasteiger partial charge in [-0.2, -0.15) is 0 Å². The van der Waals surface area contributed by atoms with Gasteiger partial charge in [0.05, 0.1) is 6.20 Å². The van der Waals surface area contributed by atoms with Crippen LogP contribution in [0.15, 0.2) is 54.7 Å². The highest BCUT2D eigenvalue weighted by Gasteiger charge is 2.04. The third kappa shape index (κ3) is 4.75. The highest BCUT2D eigenvalue weighted by molar-refractivity contribution is 6.34. The molecule has 118 valence electrons. The molecule has 2 N–H and O–H groups in total. The van der Waals surface area contributed by atoms with Crippen LogP contribution in [0.2, 0.25) is 10.0 Å². The van der Waals surface area contributed by atoms with E-state index in [4.69, 9.17) is 23.2 Å². The van der Waals surface area contributed by atoms with Gasteiger partial charge in [-0.15, -0.1) is 0 Å². The van der Waals surface area contributed by atoms with Gasteiger partial charge < -0.3 is 10.3 Å². The van der Waals surface area contributed by atoms with E-state index >= 15 is 0 Å². The predicted molar refractivity (Wildman–Crippen MR) is 96.5 cm³/mol. The molecule has 0 aliphatic rings. The summed E-state index contributed by atoms with van der Waals surface area (Å²) in [5, 5.41) is 4.60. The molecule has 0 bridgehead atoms. The fourth-order valence-electron chi connectivity index (χ4n) is 2.44. The minimum absolute atomic E-state index is 0.647. The van der Waals surface area contributed by atoms with Crippen LogP contribution in [-0.4, -0.2) is 16.5 Å². The highest BCUT2D eigenvalue weighted by Crippen LogP contribution is 2.21. The van der Waals surface area contributed by atoms with Gasteiger partial charge in [0.15, 0.2) is 5.95 Å². The molecule has 0 radical (unpaired) electrons. The Labute approximate surface area is 145 Å².